The molecule has 0 saturated carbocycles. The Labute approximate surface area is 85.9 Å². The molecule has 0 aliphatic carbocycles. The second-order valence-corrected chi connectivity index (χ2v) is 3.33. The molecular formula is C8H12BrN3O. The molecule has 0 bridgehead atoms. The number of rotatable bonds is 4. The van der Waals surface area contributed by atoms with Crippen LogP contribution in [0.25, 0.3) is 0 Å². The van der Waals surface area contributed by atoms with Crippen LogP contribution in [0.4, 0.5) is 5.95 Å². The van der Waals surface area contributed by atoms with Crippen LogP contribution in [-0.4, -0.2) is 23.6 Å². The van der Waals surface area contributed by atoms with Gasteiger partial charge in [-0.15, -0.1) is 0 Å². The Hall–Kier alpha value is -0.840. The zero-order chi connectivity index (χ0) is 9.68. The third-order valence-corrected chi connectivity index (χ3v) is 1.98. The lowest BCUT2D eigenvalue weighted by molar-refractivity contribution is 0.394. The first-order valence-corrected chi connectivity index (χ1v) is 4.87. The second-order valence-electron chi connectivity index (χ2n) is 2.48. The smallest absolute Gasteiger partial charge is 0.232 e. The first-order chi connectivity index (χ1) is 6.27. The van der Waals surface area contributed by atoms with Crippen LogP contribution in [-0.2, 0) is 0 Å². The summed E-state index contributed by atoms with van der Waals surface area (Å²) in [7, 11) is 1.58. The van der Waals surface area contributed by atoms with Gasteiger partial charge in [-0.1, -0.05) is 6.92 Å². The number of halogens is 1. The summed E-state index contributed by atoms with van der Waals surface area (Å²) < 4.78 is 5.79. The van der Waals surface area contributed by atoms with Gasteiger partial charge >= 0.3 is 0 Å². The van der Waals surface area contributed by atoms with Crippen LogP contribution >= 0.6 is 15.9 Å². The van der Waals surface area contributed by atoms with Gasteiger partial charge in [0.15, 0.2) is 0 Å². The Balaban J connectivity index is 2.74. The Morgan fingerprint density at radius 3 is 3.00 bits per heavy atom. The van der Waals surface area contributed by atoms with Crippen LogP contribution in [0.3, 0.4) is 0 Å². The summed E-state index contributed by atoms with van der Waals surface area (Å²) in [6.07, 6.45) is 2.71. The van der Waals surface area contributed by atoms with Gasteiger partial charge in [-0.3, -0.25) is 0 Å². The average Bonchev–Trinajstić information content (AvgIpc) is 2.16. The molecule has 0 radical (unpaired) electrons. The van der Waals surface area contributed by atoms with Gasteiger partial charge in [0.25, 0.3) is 0 Å². The number of nitrogens with zero attached hydrogens (tertiary/aromatic N) is 2. The number of aromatic nitrogens is 2. The van der Waals surface area contributed by atoms with E-state index in [-0.39, 0.29) is 0 Å². The molecule has 0 amide bonds. The molecule has 4 nitrogen and oxygen atoms in total. The molecule has 0 saturated heterocycles. The van der Waals surface area contributed by atoms with E-state index in [1.165, 1.54) is 0 Å². The van der Waals surface area contributed by atoms with Crippen molar-refractivity contribution in [2.75, 3.05) is 19.0 Å². The molecule has 0 spiro atoms. The highest BCUT2D eigenvalue weighted by Crippen LogP contribution is 2.21. The lowest BCUT2D eigenvalue weighted by atomic mass is 10.5. The maximum absolute atomic E-state index is 5.03. The van der Waals surface area contributed by atoms with Crippen molar-refractivity contribution in [2.24, 2.45) is 0 Å². The minimum absolute atomic E-state index is 0.550. The number of hydrogen-bond acceptors (Lipinski definition) is 4. The van der Waals surface area contributed by atoms with Crippen LogP contribution in [0.5, 0.6) is 5.88 Å². The fraction of sp³-hybridized carbons (Fsp3) is 0.500. The minimum atomic E-state index is 0.550. The number of methoxy groups -OCH3 is 1. The fourth-order valence-electron chi connectivity index (χ4n) is 0.817. The Bertz CT molecular complexity index is 280. The number of nitrogens with one attached hydrogen (secondary N) is 1. The van der Waals surface area contributed by atoms with Gasteiger partial charge in [0, 0.05) is 6.54 Å². The maximum atomic E-state index is 5.03. The van der Waals surface area contributed by atoms with E-state index in [9.17, 15) is 0 Å². The standard InChI is InChI=1S/C8H12BrN3O/c1-3-4-10-8-11-5-6(9)7(12-8)13-2/h5H,3-4H2,1-2H3,(H,10,11,12). The van der Waals surface area contributed by atoms with Crippen LogP contribution < -0.4 is 10.1 Å². The molecule has 0 aliphatic rings. The summed E-state index contributed by atoms with van der Waals surface area (Å²) >= 11 is 3.28. The molecule has 0 unspecified atom stereocenters. The van der Waals surface area contributed by atoms with Crippen LogP contribution in [0, 0.1) is 0 Å². The highest BCUT2D eigenvalue weighted by Gasteiger charge is 2.03. The number of ether oxygens (including phenoxy) is 1. The van der Waals surface area contributed by atoms with E-state index in [0.29, 0.717) is 11.8 Å². The SMILES string of the molecule is CCCNc1ncc(Br)c(OC)n1. The van der Waals surface area contributed by atoms with Crippen molar-refractivity contribution in [3.8, 4) is 5.88 Å². The number of anilines is 1. The van der Waals surface area contributed by atoms with E-state index in [0.717, 1.165) is 17.4 Å². The van der Waals surface area contributed by atoms with Gasteiger partial charge in [0.1, 0.15) is 0 Å². The highest BCUT2D eigenvalue weighted by molar-refractivity contribution is 9.10. The summed E-state index contributed by atoms with van der Waals surface area (Å²) in [6, 6.07) is 0. The fourth-order valence-corrected chi connectivity index (χ4v) is 1.17. The Kier molecular flexibility index (Phi) is 3.95. The summed E-state index contributed by atoms with van der Waals surface area (Å²) in [4.78, 5) is 8.21. The largest absolute Gasteiger partial charge is 0.480 e. The van der Waals surface area contributed by atoms with Gasteiger partial charge < -0.3 is 10.1 Å². The summed E-state index contributed by atoms with van der Waals surface area (Å²) in [5, 5.41) is 3.07. The Morgan fingerprint density at radius 1 is 1.62 bits per heavy atom. The van der Waals surface area contributed by atoms with Crippen molar-refractivity contribution in [1.82, 2.24) is 9.97 Å². The molecule has 0 atom stereocenters. The zero-order valence-corrected chi connectivity index (χ0v) is 9.26. The quantitative estimate of drug-likeness (QED) is 0.883. The molecule has 1 heterocycles. The third kappa shape index (κ3) is 2.84. The molecule has 0 aliphatic heterocycles. The van der Waals surface area contributed by atoms with Crippen LogP contribution in [0.15, 0.2) is 10.7 Å². The van der Waals surface area contributed by atoms with Crippen molar-refractivity contribution >= 4 is 21.9 Å². The molecule has 0 fully saturated rings. The normalized spacial score (nSPS) is 9.77. The lowest BCUT2D eigenvalue weighted by Crippen LogP contribution is -2.04. The topological polar surface area (TPSA) is 47.0 Å². The van der Waals surface area contributed by atoms with E-state index < -0.39 is 0 Å². The van der Waals surface area contributed by atoms with Gasteiger partial charge in [-0.2, -0.15) is 4.98 Å². The molecule has 72 valence electrons. The maximum Gasteiger partial charge on any atom is 0.232 e. The highest BCUT2D eigenvalue weighted by atomic mass is 79.9. The van der Waals surface area contributed by atoms with E-state index in [2.05, 4.69) is 38.1 Å². The molecule has 1 aromatic rings. The van der Waals surface area contributed by atoms with Gasteiger partial charge in [-0.05, 0) is 22.4 Å². The van der Waals surface area contributed by atoms with Crippen molar-refractivity contribution in [3.63, 3.8) is 0 Å². The molecular weight excluding hydrogens is 234 g/mol. The van der Waals surface area contributed by atoms with Crippen LogP contribution in [0.2, 0.25) is 0 Å². The summed E-state index contributed by atoms with van der Waals surface area (Å²) in [5.41, 5.74) is 0. The Morgan fingerprint density at radius 2 is 2.38 bits per heavy atom. The lowest BCUT2D eigenvalue weighted by Gasteiger charge is -2.05. The first kappa shape index (κ1) is 10.2. The van der Waals surface area contributed by atoms with Gasteiger partial charge in [0.05, 0.1) is 17.8 Å². The van der Waals surface area contributed by atoms with Crippen LogP contribution in [0.1, 0.15) is 13.3 Å². The molecule has 0 aromatic carbocycles. The second kappa shape index (κ2) is 5.01. The first-order valence-electron chi connectivity index (χ1n) is 4.08. The predicted octanol–water partition coefficient (Wildman–Crippen LogP) is 2.07. The average molecular weight is 246 g/mol. The van der Waals surface area contributed by atoms with E-state index in [4.69, 9.17) is 4.74 Å². The van der Waals surface area contributed by atoms with Crippen molar-refractivity contribution < 1.29 is 4.74 Å². The predicted molar refractivity (Wildman–Crippen MR) is 55.1 cm³/mol. The molecule has 1 rings (SSSR count). The van der Waals surface area contributed by atoms with Crippen molar-refractivity contribution in [2.45, 2.75) is 13.3 Å². The third-order valence-electron chi connectivity index (χ3n) is 1.44. The van der Waals surface area contributed by atoms with E-state index in [1.54, 1.807) is 13.3 Å². The van der Waals surface area contributed by atoms with Crippen molar-refractivity contribution in [3.05, 3.63) is 10.7 Å². The van der Waals surface area contributed by atoms with Gasteiger partial charge in [0.2, 0.25) is 11.8 Å². The van der Waals surface area contributed by atoms with E-state index in [1.807, 2.05) is 0 Å². The molecule has 1 aromatic heterocycles. The van der Waals surface area contributed by atoms with Gasteiger partial charge in [-0.25, -0.2) is 4.98 Å². The molecule has 1 N–H and O–H groups in total. The molecule has 5 heteroatoms. The minimum Gasteiger partial charge on any atom is -0.480 e. The zero-order valence-electron chi connectivity index (χ0n) is 7.67. The summed E-state index contributed by atoms with van der Waals surface area (Å²) in [5.74, 6) is 1.15. The number of hydrogen-bond donors (Lipinski definition) is 1. The van der Waals surface area contributed by atoms with E-state index >= 15 is 0 Å². The monoisotopic (exact) mass is 245 g/mol. The van der Waals surface area contributed by atoms with Crippen molar-refractivity contribution in [1.29, 1.82) is 0 Å². The summed E-state index contributed by atoms with van der Waals surface area (Å²) in [6.45, 7) is 2.95. The molecule has 13 heavy (non-hydrogen) atoms.